The fourth-order valence-corrected chi connectivity index (χ4v) is 1.64. The molecule has 19 heavy (non-hydrogen) atoms. The maximum atomic E-state index is 10.2. The monoisotopic (exact) mass is 260 g/mol. The van der Waals surface area contributed by atoms with E-state index in [0.717, 1.165) is 10.9 Å². The summed E-state index contributed by atoms with van der Waals surface area (Å²) in [6.07, 6.45) is 0. The van der Waals surface area contributed by atoms with Crippen LogP contribution in [0.5, 0.6) is 0 Å². The molecular formula is C14H20N4O. The van der Waals surface area contributed by atoms with Crippen LogP contribution in [0.4, 0.5) is 11.8 Å². The first-order valence-corrected chi connectivity index (χ1v) is 6.23. The lowest BCUT2D eigenvalue weighted by Gasteiger charge is -2.38. The van der Waals surface area contributed by atoms with Crippen molar-refractivity contribution >= 4 is 22.7 Å². The van der Waals surface area contributed by atoms with Crippen molar-refractivity contribution in [1.82, 2.24) is 9.97 Å². The van der Waals surface area contributed by atoms with Crippen molar-refractivity contribution in [2.45, 2.75) is 38.8 Å². The highest BCUT2D eigenvalue weighted by atomic mass is 16.3. The van der Waals surface area contributed by atoms with E-state index in [9.17, 15) is 5.11 Å². The van der Waals surface area contributed by atoms with Gasteiger partial charge in [-0.2, -0.15) is 4.98 Å². The van der Waals surface area contributed by atoms with Crippen LogP contribution in [0.25, 0.3) is 10.9 Å². The predicted octanol–water partition coefficient (Wildman–Crippen LogP) is 2.17. The van der Waals surface area contributed by atoms with Gasteiger partial charge in [0, 0.05) is 5.39 Å². The summed E-state index contributed by atoms with van der Waals surface area (Å²) in [4.78, 5) is 8.44. The van der Waals surface area contributed by atoms with Crippen molar-refractivity contribution in [3.05, 3.63) is 24.3 Å². The normalized spacial score (nSPS) is 12.7. The Kier molecular flexibility index (Phi) is 3.10. The molecular weight excluding hydrogens is 240 g/mol. The van der Waals surface area contributed by atoms with Crippen LogP contribution in [0, 0.1) is 0 Å². The fourth-order valence-electron chi connectivity index (χ4n) is 1.64. The zero-order chi connectivity index (χ0) is 14.3. The number of hydrogen-bond acceptors (Lipinski definition) is 5. The molecule has 1 aromatic heterocycles. The molecule has 0 aliphatic rings. The van der Waals surface area contributed by atoms with Gasteiger partial charge in [0.05, 0.1) is 16.7 Å². The van der Waals surface area contributed by atoms with E-state index >= 15 is 0 Å². The molecule has 0 atom stereocenters. The van der Waals surface area contributed by atoms with Crippen molar-refractivity contribution in [2.75, 3.05) is 11.1 Å². The van der Waals surface area contributed by atoms with Gasteiger partial charge in [-0.1, -0.05) is 12.1 Å². The molecule has 2 rings (SSSR count). The Hall–Kier alpha value is -1.88. The van der Waals surface area contributed by atoms with Gasteiger partial charge in [-0.25, -0.2) is 4.98 Å². The van der Waals surface area contributed by atoms with Crippen LogP contribution in [-0.4, -0.2) is 26.2 Å². The topological polar surface area (TPSA) is 84.1 Å². The zero-order valence-electron chi connectivity index (χ0n) is 11.7. The molecule has 0 radical (unpaired) electrons. The number of nitrogens with one attached hydrogen (secondary N) is 1. The standard InChI is InChI=1S/C14H20N4O/c1-13(2,14(3,4)19)18-11-9-7-5-6-8-10(9)16-12(15)17-11/h5-8,19H,1-4H3,(H3,15,16,17,18). The summed E-state index contributed by atoms with van der Waals surface area (Å²) in [7, 11) is 0. The number of anilines is 2. The molecule has 1 aromatic carbocycles. The lowest BCUT2D eigenvalue weighted by Crippen LogP contribution is -2.51. The van der Waals surface area contributed by atoms with E-state index in [0.29, 0.717) is 5.82 Å². The van der Waals surface area contributed by atoms with Gasteiger partial charge in [0.25, 0.3) is 0 Å². The molecule has 0 aliphatic carbocycles. The summed E-state index contributed by atoms with van der Waals surface area (Å²) in [6.45, 7) is 7.35. The highest BCUT2D eigenvalue weighted by Crippen LogP contribution is 2.29. The van der Waals surface area contributed by atoms with Crippen LogP contribution in [0.15, 0.2) is 24.3 Å². The van der Waals surface area contributed by atoms with Crippen molar-refractivity contribution in [3.8, 4) is 0 Å². The number of aromatic nitrogens is 2. The summed E-state index contributed by atoms with van der Waals surface area (Å²) in [5, 5.41) is 14.4. The number of hydrogen-bond donors (Lipinski definition) is 3. The van der Waals surface area contributed by atoms with Crippen molar-refractivity contribution in [1.29, 1.82) is 0 Å². The maximum absolute atomic E-state index is 10.2. The largest absolute Gasteiger partial charge is 0.388 e. The molecule has 0 spiro atoms. The van der Waals surface area contributed by atoms with Crippen molar-refractivity contribution < 1.29 is 5.11 Å². The van der Waals surface area contributed by atoms with Gasteiger partial charge in [-0.15, -0.1) is 0 Å². The van der Waals surface area contributed by atoms with Gasteiger partial charge in [-0.3, -0.25) is 0 Å². The average molecular weight is 260 g/mol. The Bertz CT molecular complexity index is 602. The number of para-hydroxylation sites is 1. The number of fused-ring (bicyclic) bond motifs is 1. The van der Waals surface area contributed by atoms with Gasteiger partial charge in [-0.05, 0) is 39.8 Å². The molecule has 0 saturated carbocycles. The average Bonchev–Trinajstić information content (AvgIpc) is 2.26. The van der Waals surface area contributed by atoms with E-state index in [2.05, 4.69) is 15.3 Å². The molecule has 0 unspecified atom stereocenters. The maximum Gasteiger partial charge on any atom is 0.222 e. The smallest absolute Gasteiger partial charge is 0.222 e. The number of benzene rings is 1. The third-order valence-corrected chi connectivity index (χ3v) is 3.58. The predicted molar refractivity (Wildman–Crippen MR) is 77.9 cm³/mol. The molecule has 0 aliphatic heterocycles. The van der Waals surface area contributed by atoms with E-state index in [1.165, 1.54) is 0 Å². The first-order valence-electron chi connectivity index (χ1n) is 6.23. The number of aliphatic hydroxyl groups is 1. The fraction of sp³-hybridized carbons (Fsp3) is 0.429. The Balaban J connectivity index is 2.52. The quantitative estimate of drug-likeness (QED) is 0.787. The van der Waals surface area contributed by atoms with Crippen LogP contribution >= 0.6 is 0 Å². The van der Waals surface area contributed by atoms with E-state index in [1.807, 2.05) is 38.1 Å². The summed E-state index contributed by atoms with van der Waals surface area (Å²) in [5.74, 6) is 0.850. The van der Waals surface area contributed by atoms with Gasteiger partial charge in [0.2, 0.25) is 5.95 Å². The minimum absolute atomic E-state index is 0.216. The molecule has 0 saturated heterocycles. The minimum atomic E-state index is -0.909. The third kappa shape index (κ3) is 2.61. The number of rotatable bonds is 3. The summed E-state index contributed by atoms with van der Waals surface area (Å²) in [5.41, 5.74) is 5.04. The second-order valence-electron chi connectivity index (χ2n) is 5.76. The van der Waals surface area contributed by atoms with Crippen LogP contribution in [0.1, 0.15) is 27.7 Å². The van der Waals surface area contributed by atoms with Gasteiger partial charge in [0.1, 0.15) is 5.82 Å². The Labute approximate surface area is 112 Å². The molecule has 0 amide bonds. The van der Waals surface area contributed by atoms with E-state index < -0.39 is 11.1 Å². The highest BCUT2D eigenvalue weighted by molar-refractivity contribution is 5.90. The van der Waals surface area contributed by atoms with Crippen molar-refractivity contribution in [2.24, 2.45) is 0 Å². The second-order valence-corrected chi connectivity index (χ2v) is 5.76. The van der Waals surface area contributed by atoms with Crippen LogP contribution < -0.4 is 11.1 Å². The van der Waals surface area contributed by atoms with Gasteiger partial charge < -0.3 is 16.2 Å². The van der Waals surface area contributed by atoms with E-state index in [4.69, 9.17) is 5.73 Å². The third-order valence-electron chi connectivity index (χ3n) is 3.58. The molecule has 102 valence electrons. The molecule has 1 heterocycles. The summed E-state index contributed by atoms with van der Waals surface area (Å²) >= 11 is 0. The first-order chi connectivity index (χ1) is 8.71. The van der Waals surface area contributed by atoms with Crippen LogP contribution in [-0.2, 0) is 0 Å². The lowest BCUT2D eigenvalue weighted by molar-refractivity contribution is 0.0239. The molecule has 5 nitrogen and oxygen atoms in total. The van der Waals surface area contributed by atoms with Gasteiger partial charge >= 0.3 is 0 Å². The van der Waals surface area contributed by atoms with Crippen LogP contribution in [0.3, 0.4) is 0 Å². The lowest BCUT2D eigenvalue weighted by atomic mass is 9.86. The van der Waals surface area contributed by atoms with Crippen LogP contribution in [0.2, 0.25) is 0 Å². The number of nitrogens with two attached hydrogens (primary N) is 1. The van der Waals surface area contributed by atoms with Crippen molar-refractivity contribution in [3.63, 3.8) is 0 Å². The van der Waals surface area contributed by atoms with E-state index in [1.54, 1.807) is 13.8 Å². The summed E-state index contributed by atoms with van der Waals surface area (Å²) in [6, 6.07) is 7.64. The molecule has 0 fully saturated rings. The highest BCUT2D eigenvalue weighted by Gasteiger charge is 2.35. The minimum Gasteiger partial charge on any atom is -0.388 e. The second kappa shape index (κ2) is 4.35. The SMILES string of the molecule is CC(C)(O)C(C)(C)Nc1nc(N)nc2ccccc12. The Morgan fingerprint density at radius 1 is 1.11 bits per heavy atom. The Morgan fingerprint density at radius 2 is 1.74 bits per heavy atom. The molecule has 4 N–H and O–H groups in total. The molecule has 5 heteroatoms. The molecule has 0 bridgehead atoms. The summed E-state index contributed by atoms with van der Waals surface area (Å²) < 4.78 is 0. The zero-order valence-corrected chi connectivity index (χ0v) is 11.7. The molecule has 2 aromatic rings. The Morgan fingerprint density at radius 3 is 2.37 bits per heavy atom. The van der Waals surface area contributed by atoms with E-state index in [-0.39, 0.29) is 5.95 Å². The number of nitrogen functional groups attached to an aromatic ring is 1. The van der Waals surface area contributed by atoms with Gasteiger partial charge in [0.15, 0.2) is 0 Å². The first kappa shape index (κ1) is 13.5. The number of nitrogens with zero attached hydrogens (tertiary/aromatic N) is 2.